The SMILES string of the molecule is CN1CCC2=C(C=NC(N3CCC(CNC(=O)c4cnc(C5=CC(F)CC=C5)nc4)C3)N2)C1. The molecule has 8 nitrogen and oxygen atoms in total. The lowest BCUT2D eigenvalue weighted by Gasteiger charge is -2.35. The molecule has 0 aromatic carbocycles. The molecule has 1 amide bonds. The second kappa shape index (κ2) is 9.52. The molecule has 1 aromatic heterocycles. The number of likely N-dealkylation sites (N-methyl/N-ethyl adjacent to an activating group) is 1. The first-order valence-electron chi connectivity index (χ1n) is 11.6. The number of aromatic nitrogens is 2. The van der Waals surface area contributed by atoms with Gasteiger partial charge in [0, 0.05) is 81.0 Å². The summed E-state index contributed by atoms with van der Waals surface area (Å²) < 4.78 is 13.5. The predicted octanol–water partition coefficient (Wildman–Crippen LogP) is 1.76. The third-order valence-electron chi connectivity index (χ3n) is 6.65. The molecule has 1 aromatic rings. The van der Waals surface area contributed by atoms with Crippen LogP contribution in [0.1, 0.15) is 35.4 Å². The monoisotopic (exact) mass is 451 g/mol. The third-order valence-corrected chi connectivity index (χ3v) is 6.65. The largest absolute Gasteiger partial charge is 0.354 e. The van der Waals surface area contributed by atoms with Crippen molar-refractivity contribution in [3.63, 3.8) is 0 Å². The quantitative estimate of drug-likeness (QED) is 0.710. The Morgan fingerprint density at radius 3 is 2.97 bits per heavy atom. The Kier molecular flexibility index (Phi) is 6.32. The molecular formula is C24H30FN7O. The lowest BCUT2D eigenvalue weighted by molar-refractivity contribution is 0.0946. The summed E-state index contributed by atoms with van der Waals surface area (Å²) in [5.74, 6) is 0.615. The summed E-state index contributed by atoms with van der Waals surface area (Å²) in [5, 5.41) is 6.62. The van der Waals surface area contributed by atoms with Crippen molar-refractivity contribution in [1.29, 1.82) is 0 Å². The number of hydrogen-bond acceptors (Lipinski definition) is 7. The molecule has 1 aliphatic carbocycles. The average Bonchev–Trinajstić information content (AvgIpc) is 3.31. The van der Waals surface area contributed by atoms with E-state index in [0.717, 1.165) is 39.0 Å². The van der Waals surface area contributed by atoms with E-state index in [-0.39, 0.29) is 12.2 Å². The molecule has 3 aliphatic heterocycles. The van der Waals surface area contributed by atoms with Crippen molar-refractivity contribution in [2.45, 2.75) is 31.7 Å². The first kappa shape index (κ1) is 21.9. The molecule has 0 saturated carbocycles. The van der Waals surface area contributed by atoms with Gasteiger partial charge in [-0.1, -0.05) is 12.2 Å². The fourth-order valence-electron chi connectivity index (χ4n) is 4.73. The number of aliphatic imine (C=N–C) groups is 1. The number of carbonyl (C=O) groups excluding carboxylic acids is 1. The Morgan fingerprint density at radius 2 is 2.15 bits per heavy atom. The molecule has 0 spiro atoms. The van der Waals surface area contributed by atoms with Gasteiger partial charge < -0.3 is 15.5 Å². The van der Waals surface area contributed by atoms with Gasteiger partial charge in [0.15, 0.2) is 12.1 Å². The van der Waals surface area contributed by atoms with E-state index in [2.05, 4.69) is 37.4 Å². The first-order valence-corrected chi connectivity index (χ1v) is 11.6. The first-order chi connectivity index (χ1) is 16.0. The molecule has 9 heteroatoms. The number of likely N-dealkylation sites (tertiary alicyclic amines) is 1. The summed E-state index contributed by atoms with van der Waals surface area (Å²) in [7, 11) is 2.13. The van der Waals surface area contributed by atoms with Gasteiger partial charge in [0.1, 0.15) is 6.17 Å². The second-order valence-electron chi connectivity index (χ2n) is 9.22. The number of allylic oxidation sites excluding steroid dienone is 4. The van der Waals surface area contributed by atoms with Crippen LogP contribution < -0.4 is 10.6 Å². The van der Waals surface area contributed by atoms with E-state index in [1.807, 2.05) is 12.3 Å². The molecule has 2 N–H and O–H groups in total. The Morgan fingerprint density at radius 1 is 1.30 bits per heavy atom. The number of alkyl halides is 1. The van der Waals surface area contributed by atoms with Gasteiger partial charge in [0.25, 0.3) is 5.91 Å². The van der Waals surface area contributed by atoms with Gasteiger partial charge >= 0.3 is 0 Å². The van der Waals surface area contributed by atoms with E-state index in [1.54, 1.807) is 6.08 Å². The van der Waals surface area contributed by atoms with Crippen LogP contribution in [0.25, 0.3) is 5.57 Å². The molecule has 4 aliphatic rings. The van der Waals surface area contributed by atoms with Crippen LogP contribution >= 0.6 is 0 Å². The summed E-state index contributed by atoms with van der Waals surface area (Å²) in [6.45, 7) is 4.45. The minimum atomic E-state index is -1.01. The molecule has 174 valence electrons. The number of nitrogens with zero attached hydrogens (tertiary/aromatic N) is 5. The summed E-state index contributed by atoms with van der Waals surface area (Å²) in [6.07, 6.45) is 11.5. The van der Waals surface area contributed by atoms with Crippen LogP contribution in [-0.2, 0) is 0 Å². The lowest BCUT2D eigenvalue weighted by atomic mass is 10.1. The average molecular weight is 452 g/mol. The Balaban J connectivity index is 1.10. The van der Waals surface area contributed by atoms with Crippen LogP contribution in [0.15, 0.2) is 46.9 Å². The van der Waals surface area contributed by atoms with E-state index >= 15 is 0 Å². The molecule has 3 unspecified atom stereocenters. The molecule has 1 saturated heterocycles. The zero-order valence-corrected chi connectivity index (χ0v) is 18.9. The number of halogens is 1. The van der Waals surface area contributed by atoms with Crippen molar-refractivity contribution >= 4 is 17.7 Å². The number of amides is 1. The molecule has 0 radical (unpaired) electrons. The predicted molar refractivity (Wildman–Crippen MR) is 125 cm³/mol. The maximum atomic E-state index is 13.5. The molecule has 0 bridgehead atoms. The summed E-state index contributed by atoms with van der Waals surface area (Å²) in [5.41, 5.74) is 3.66. The Labute approximate surface area is 193 Å². The van der Waals surface area contributed by atoms with Crippen molar-refractivity contribution in [3.05, 3.63) is 53.3 Å². The maximum Gasteiger partial charge on any atom is 0.254 e. The number of rotatable bonds is 5. The lowest BCUT2D eigenvalue weighted by Crippen LogP contribution is -2.47. The minimum Gasteiger partial charge on any atom is -0.354 e. The summed E-state index contributed by atoms with van der Waals surface area (Å²) >= 11 is 0. The van der Waals surface area contributed by atoms with Gasteiger partial charge in [0.05, 0.1) is 5.56 Å². The maximum absolute atomic E-state index is 13.5. The van der Waals surface area contributed by atoms with Gasteiger partial charge in [-0.05, 0) is 25.5 Å². The van der Waals surface area contributed by atoms with Crippen LogP contribution in [0, 0.1) is 5.92 Å². The highest BCUT2D eigenvalue weighted by Crippen LogP contribution is 2.23. The van der Waals surface area contributed by atoms with Crippen molar-refractivity contribution < 1.29 is 9.18 Å². The van der Waals surface area contributed by atoms with E-state index in [0.29, 0.717) is 35.8 Å². The van der Waals surface area contributed by atoms with Crippen molar-refractivity contribution in [2.75, 3.05) is 39.8 Å². The van der Waals surface area contributed by atoms with Crippen LogP contribution in [0.4, 0.5) is 4.39 Å². The highest BCUT2D eigenvalue weighted by atomic mass is 19.1. The third kappa shape index (κ3) is 5.04. The highest BCUT2D eigenvalue weighted by molar-refractivity contribution is 5.93. The van der Waals surface area contributed by atoms with Crippen LogP contribution in [0.2, 0.25) is 0 Å². The number of nitrogens with one attached hydrogen (secondary N) is 2. The number of hydrogen-bond donors (Lipinski definition) is 2. The highest BCUT2D eigenvalue weighted by Gasteiger charge is 2.31. The molecular weight excluding hydrogens is 421 g/mol. The van der Waals surface area contributed by atoms with Gasteiger partial charge in [-0.15, -0.1) is 0 Å². The molecule has 4 heterocycles. The van der Waals surface area contributed by atoms with Gasteiger partial charge in [-0.3, -0.25) is 14.7 Å². The Bertz CT molecular complexity index is 1020. The van der Waals surface area contributed by atoms with E-state index < -0.39 is 6.17 Å². The number of carbonyl (C=O) groups is 1. The van der Waals surface area contributed by atoms with Gasteiger partial charge in [-0.2, -0.15) is 0 Å². The molecule has 5 rings (SSSR count). The smallest absolute Gasteiger partial charge is 0.254 e. The Hall–Kier alpha value is -2.91. The van der Waals surface area contributed by atoms with Crippen LogP contribution in [0.5, 0.6) is 0 Å². The van der Waals surface area contributed by atoms with Crippen molar-refractivity contribution in [1.82, 2.24) is 30.4 Å². The van der Waals surface area contributed by atoms with E-state index in [4.69, 9.17) is 4.99 Å². The second-order valence-corrected chi connectivity index (χ2v) is 9.22. The molecule has 33 heavy (non-hydrogen) atoms. The molecule has 3 atom stereocenters. The topological polar surface area (TPSA) is 85.8 Å². The minimum absolute atomic E-state index is 0.0131. The molecule has 1 fully saturated rings. The van der Waals surface area contributed by atoms with Crippen LogP contribution in [0.3, 0.4) is 0 Å². The van der Waals surface area contributed by atoms with Gasteiger partial charge in [-0.25, -0.2) is 14.4 Å². The van der Waals surface area contributed by atoms with Crippen molar-refractivity contribution in [2.24, 2.45) is 10.9 Å². The fraction of sp³-hybridized carbons (Fsp3) is 0.500. The summed E-state index contributed by atoms with van der Waals surface area (Å²) in [6, 6.07) is 0. The standard InChI is InChI=1S/C24H30FN7O/c1-31-7-6-21-19(15-31)13-29-24(30-21)32-8-5-16(14-32)10-28-23(33)18-11-26-22(27-12-18)17-3-2-4-20(25)9-17/h2-3,9,11-13,16,20,24,30H,4-8,10,14-15H2,1H3,(H,28,33). The van der Waals surface area contributed by atoms with Crippen molar-refractivity contribution in [3.8, 4) is 0 Å². The van der Waals surface area contributed by atoms with E-state index in [9.17, 15) is 9.18 Å². The van der Waals surface area contributed by atoms with Gasteiger partial charge in [0.2, 0.25) is 0 Å². The van der Waals surface area contributed by atoms with Crippen LogP contribution in [-0.4, -0.2) is 84.1 Å². The normalized spacial score (nSPS) is 27.8. The zero-order chi connectivity index (χ0) is 22.8. The summed E-state index contributed by atoms with van der Waals surface area (Å²) in [4.78, 5) is 30.5. The zero-order valence-electron chi connectivity index (χ0n) is 18.9. The van der Waals surface area contributed by atoms with E-state index in [1.165, 1.54) is 29.7 Å². The fourth-order valence-corrected chi connectivity index (χ4v) is 4.73.